The minimum absolute atomic E-state index is 0.453. The molecule has 146 valence electrons. The topological polar surface area (TPSA) is 47.0 Å². The maximum atomic E-state index is 6.30. The molecule has 0 aliphatic carbocycles. The van der Waals surface area contributed by atoms with Gasteiger partial charge in [-0.2, -0.15) is 0 Å². The maximum absolute atomic E-state index is 6.30. The second-order valence-corrected chi connectivity index (χ2v) is 8.62. The first kappa shape index (κ1) is 19.8. The van der Waals surface area contributed by atoms with Gasteiger partial charge in [0.15, 0.2) is 16.7 Å². The molecule has 0 aliphatic heterocycles. The zero-order valence-corrected chi connectivity index (χ0v) is 18.0. The second kappa shape index (κ2) is 9.31. The molecule has 4 rings (SSSR count). The van der Waals surface area contributed by atoms with Crippen LogP contribution in [0.4, 0.5) is 10.9 Å². The molecule has 0 aliphatic rings. The molecule has 2 heterocycles. The summed E-state index contributed by atoms with van der Waals surface area (Å²) < 4.78 is 6.12. The van der Waals surface area contributed by atoms with Gasteiger partial charge in [-0.1, -0.05) is 65.8 Å². The van der Waals surface area contributed by atoms with Crippen molar-refractivity contribution in [2.24, 2.45) is 0 Å². The van der Waals surface area contributed by atoms with Gasteiger partial charge in [0, 0.05) is 21.4 Å². The second-order valence-electron chi connectivity index (χ2n) is 6.24. The van der Waals surface area contributed by atoms with Crippen LogP contribution in [0.25, 0.3) is 0 Å². The number of nitrogens with one attached hydrogen (secondary N) is 1. The van der Waals surface area contributed by atoms with Crippen molar-refractivity contribution in [1.82, 2.24) is 9.97 Å². The van der Waals surface area contributed by atoms with E-state index in [-0.39, 0.29) is 0 Å². The van der Waals surface area contributed by atoms with Crippen LogP contribution in [0.1, 0.15) is 11.3 Å². The van der Waals surface area contributed by atoms with Gasteiger partial charge in [-0.15, -0.1) is 11.3 Å². The van der Waals surface area contributed by atoms with E-state index in [0.717, 1.165) is 26.2 Å². The predicted octanol–water partition coefficient (Wildman–Crippen LogP) is 6.97. The van der Waals surface area contributed by atoms with Gasteiger partial charge >= 0.3 is 0 Å². The number of rotatable bonds is 7. The number of aryl methyl sites for hydroxylation is 1. The summed E-state index contributed by atoms with van der Waals surface area (Å²) in [7, 11) is 0. The maximum Gasteiger partial charge on any atom is 0.188 e. The number of benzene rings is 2. The summed E-state index contributed by atoms with van der Waals surface area (Å²) in [4.78, 5) is 11.0. The molecular weight excluding hydrogens is 422 g/mol. The van der Waals surface area contributed by atoms with Crippen molar-refractivity contribution in [3.8, 4) is 5.75 Å². The molecule has 7 heteroatoms. The molecule has 0 amide bonds. The van der Waals surface area contributed by atoms with Gasteiger partial charge in [-0.25, -0.2) is 9.97 Å². The van der Waals surface area contributed by atoms with Gasteiger partial charge in [0.2, 0.25) is 0 Å². The summed E-state index contributed by atoms with van der Waals surface area (Å²) in [6.45, 7) is 2.42. The van der Waals surface area contributed by atoms with Gasteiger partial charge in [0.1, 0.15) is 6.61 Å². The highest BCUT2D eigenvalue weighted by atomic mass is 35.5. The Morgan fingerprint density at radius 3 is 2.66 bits per heavy atom. The lowest BCUT2D eigenvalue weighted by Crippen LogP contribution is -2.01. The van der Waals surface area contributed by atoms with Gasteiger partial charge in [-0.3, -0.25) is 0 Å². The highest BCUT2D eigenvalue weighted by Gasteiger charge is 2.12. The lowest BCUT2D eigenvalue weighted by Gasteiger charge is -2.13. The third kappa shape index (κ3) is 5.29. The van der Waals surface area contributed by atoms with Crippen LogP contribution in [0.5, 0.6) is 5.75 Å². The van der Waals surface area contributed by atoms with E-state index >= 15 is 0 Å². The molecule has 4 aromatic rings. The summed E-state index contributed by atoms with van der Waals surface area (Å²) in [5.74, 6) is 1.30. The molecule has 29 heavy (non-hydrogen) atoms. The van der Waals surface area contributed by atoms with Crippen molar-refractivity contribution in [2.45, 2.75) is 23.3 Å². The van der Waals surface area contributed by atoms with Gasteiger partial charge in [0.05, 0.1) is 10.7 Å². The summed E-state index contributed by atoms with van der Waals surface area (Å²) in [6, 6.07) is 19.8. The molecule has 4 nitrogen and oxygen atoms in total. The van der Waals surface area contributed by atoms with E-state index in [1.807, 2.05) is 79.2 Å². The molecule has 0 saturated carbocycles. The molecule has 0 atom stereocenters. The van der Waals surface area contributed by atoms with Crippen LogP contribution in [0, 0.1) is 6.92 Å². The van der Waals surface area contributed by atoms with Crippen molar-refractivity contribution >= 4 is 45.6 Å². The van der Waals surface area contributed by atoms with Crippen molar-refractivity contribution in [3.63, 3.8) is 0 Å². The van der Waals surface area contributed by atoms with Crippen LogP contribution in [0.3, 0.4) is 0 Å². The monoisotopic (exact) mass is 439 g/mol. The fourth-order valence-corrected chi connectivity index (χ4v) is 4.36. The van der Waals surface area contributed by atoms with E-state index in [1.54, 1.807) is 11.8 Å². The van der Waals surface area contributed by atoms with Crippen LogP contribution < -0.4 is 10.1 Å². The molecule has 0 radical (unpaired) electrons. The molecule has 0 unspecified atom stereocenters. The first-order valence-corrected chi connectivity index (χ1v) is 11.0. The average molecular weight is 440 g/mol. The number of nitrogens with zero attached hydrogens (tertiary/aromatic N) is 2. The zero-order valence-electron chi connectivity index (χ0n) is 15.6. The molecule has 2 aromatic heterocycles. The van der Waals surface area contributed by atoms with Gasteiger partial charge in [-0.05, 0) is 30.7 Å². The SMILES string of the molecule is Cc1csc(Nc2ncc(Sc3ccccc3Cl)cc2OCc2ccccc2)n1. The van der Waals surface area contributed by atoms with Crippen molar-refractivity contribution < 1.29 is 4.74 Å². The largest absolute Gasteiger partial charge is 0.485 e. The Morgan fingerprint density at radius 2 is 1.90 bits per heavy atom. The normalized spacial score (nSPS) is 10.7. The lowest BCUT2D eigenvalue weighted by atomic mass is 10.2. The Morgan fingerprint density at radius 1 is 1.10 bits per heavy atom. The molecule has 2 aromatic carbocycles. The van der Waals surface area contributed by atoms with Crippen LogP contribution in [0.2, 0.25) is 5.02 Å². The van der Waals surface area contributed by atoms with Crippen LogP contribution in [0.15, 0.2) is 82.0 Å². The number of halogens is 1. The predicted molar refractivity (Wildman–Crippen MR) is 121 cm³/mol. The minimum atomic E-state index is 0.453. The average Bonchev–Trinajstić information content (AvgIpc) is 3.15. The van der Waals surface area contributed by atoms with Crippen LogP contribution >= 0.6 is 34.7 Å². The number of aromatic nitrogens is 2. The fourth-order valence-electron chi connectivity index (χ4n) is 2.59. The fraction of sp³-hybridized carbons (Fsp3) is 0.0909. The Kier molecular flexibility index (Phi) is 6.34. The van der Waals surface area contributed by atoms with E-state index in [1.165, 1.54) is 11.3 Å². The van der Waals surface area contributed by atoms with Crippen LogP contribution in [-0.2, 0) is 6.61 Å². The molecular formula is C22H18ClN3OS2. The number of hydrogen-bond acceptors (Lipinski definition) is 6. The Bertz CT molecular complexity index is 1100. The van der Waals surface area contributed by atoms with Gasteiger partial charge in [0.25, 0.3) is 0 Å². The quantitative estimate of drug-likeness (QED) is 0.336. The standard InChI is InChI=1S/C22H18ClN3OS2/c1-15-14-28-22(25-15)26-21-19(27-13-16-7-3-2-4-8-16)11-17(12-24-21)29-20-10-6-5-9-18(20)23/h2-12,14H,13H2,1H3,(H,24,25,26). The van der Waals surface area contributed by atoms with E-state index in [0.29, 0.717) is 23.2 Å². The van der Waals surface area contributed by atoms with E-state index in [2.05, 4.69) is 15.3 Å². The Hall–Kier alpha value is -2.54. The first-order valence-electron chi connectivity index (χ1n) is 8.96. The third-order valence-corrected chi connectivity index (χ3v) is 6.33. The van der Waals surface area contributed by atoms with Gasteiger partial charge < -0.3 is 10.1 Å². The number of hydrogen-bond donors (Lipinski definition) is 1. The van der Waals surface area contributed by atoms with Crippen LogP contribution in [-0.4, -0.2) is 9.97 Å². The number of anilines is 2. The van der Waals surface area contributed by atoms with Crippen molar-refractivity contribution in [3.05, 3.63) is 88.5 Å². The number of pyridine rings is 1. The van der Waals surface area contributed by atoms with Crippen molar-refractivity contribution in [1.29, 1.82) is 0 Å². The molecule has 0 spiro atoms. The van der Waals surface area contributed by atoms with E-state index in [4.69, 9.17) is 16.3 Å². The zero-order chi connectivity index (χ0) is 20.1. The van der Waals surface area contributed by atoms with Crippen molar-refractivity contribution in [2.75, 3.05) is 5.32 Å². The minimum Gasteiger partial charge on any atom is -0.485 e. The molecule has 0 fully saturated rings. The molecule has 1 N–H and O–H groups in total. The number of ether oxygens (including phenoxy) is 1. The first-order chi connectivity index (χ1) is 14.2. The summed E-state index contributed by atoms with van der Waals surface area (Å²) >= 11 is 9.39. The number of thiazole rings is 1. The molecule has 0 saturated heterocycles. The molecule has 0 bridgehead atoms. The Labute approximate surface area is 183 Å². The summed E-state index contributed by atoms with van der Waals surface area (Å²) in [5, 5.41) is 6.76. The van der Waals surface area contributed by atoms with E-state index in [9.17, 15) is 0 Å². The highest BCUT2D eigenvalue weighted by Crippen LogP contribution is 2.37. The van der Waals surface area contributed by atoms with E-state index < -0.39 is 0 Å². The Balaban J connectivity index is 1.60. The lowest BCUT2D eigenvalue weighted by molar-refractivity contribution is 0.306. The smallest absolute Gasteiger partial charge is 0.188 e. The summed E-state index contributed by atoms with van der Waals surface area (Å²) in [5.41, 5.74) is 2.06. The third-order valence-electron chi connectivity index (χ3n) is 3.97. The summed E-state index contributed by atoms with van der Waals surface area (Å²) in [6.07, 6.45) is 1.81. The highest BCUT2D eigenvalue weighted by molar-refractivity contribution is 7.99.